The first-order chi connectivity index (χ1) is 13.9. The van der Waals surface area contributed by atoms with Crippen molar-refractivity contribution >= 4 is 23.4 Å². The van der Waals surface area contributed by atoms with Gasteiger partial charge in [0.2, 0.25) is 5.91 Å². The van der Waals surface area contributed by atoms with Crippen LogP contribution >= 0.6 is 0 Å². The Balaban J connectivity index is 1.69. The molecule has 148 valence electrons. The highest BCUT2D eigenvalue weighted by Gasteiger charge is 2.10. The lowest BCUT2D eigenvalue weighted by Gasteiger charge is -2.11. The summed E-state index contributed by atoms with van der Waals surface area (Å²) in [7, 11) is 0. The van der Waals surface area contributed by atoms with Crippen molar-refractivity contribution in [1.29, 1.82) is 0 Å². The number of aromatic nitrogens is 2. The third kappa shape index (κ3) is 5.16. The Labute approximate surface area is 168 Å². The average molecular weight is 390 g/mol. The number of rotatable bonds is 7. The molecular formula is C22H22N4O3. The summed E-state index contributed by atoms with van der Waals surface area (Å²) in [6.45, 7) is 4.85. The van der Waals surface area contributed by atoms with E-state index in [1.165, 1.54) is 18.2 Å². The fourth-order valence-electron chi connectivity index (χ4n) is 3.04. The molecule has 0 unspecified atom stereocenters. The van der Waals surface area contributed by atoms with Gasteiger partial charge in [0.1, 0.15) is 5.82 Å². The van der Waals surface area contributed by atoms with Gasteiger partial charge in [-0.25, -0.2) is 4.98 Å². The highest BCUT2D eigenvalue weighted by Crippen LogP contribution is 2.19. The Morgan fingerprint density at radius 3 is 2.79 bits per heavy atom. The van der Waals surface area contributed by atoms with Crippen LogP contribution in [0.3, 0.4) is 0 Å². The molecule has 0 fully saturated rings. The minimum atomic E-state index is -0.470. The Bertz CT molecular complexity index is 1050. The van der Waals surface area contributed by atoms with E-state index in [1.807, 2.05) is 24.4 Å². The summed E-state index contributed by atoms with van der Waals surface area (Å²) in [5.41, 5.74) is 2.03. The number of hydrogen-bond donors (Lipinski definition) is 1. The lowest BCUT2D eigenvalue weighted by molar-refractivity contribution is -0.385. The van der Waals surface area contributed by atoms with Crippen LogP contribution in [0.25, 0.3) is 6.08 Å². The standard InChI is InChI=1S/C22H22N4O3/c1-16(2)22-23-12-13-25(22)15-17-6-5-8-19(14-17)24-21(27)11-10-18-7-3-4-9-20(18)26(28)29/h3-14,16H,15H2,1-2H3,(H,24,27). The van der Waals surface area contributed by atoms with Crippen molar-refractivity contribution in [1.82, 2.24) is 9.55 Å². The summed E-state index contributed by atoms with van der Waals surface area (Å²) >= 11 is 0. The number of carbonyl (C=O) groups is 1. The van der Waals surface area contributed by atoms with Crippen LogP contribution < -0.4 is 5.32 Å². The zero-order valence-corrected chi connectivity index (χ0v) is 16.3. The summed E-state index contributed by atoms with van der Waals surface area (Å²) < 4.78 is 2.08. The van der Waals surface area contributed by atoms with Crippen molar-refractivity contribution in [2.75, 3.05) is 5.32 Å². The average Bonchev–Trinajstić information content (AvgIpc) is 3.15. The smallest absolute Gasteiger partial charge is 0.276 e. The maximum atomic E-state index is 12.3. The lowest BCUT2D eigenvalue weighted by atomic mass is 10.1. The molecule has 1 N–H and O–H groups in total. The number of anilines is 1. The van der Waals surface area contributed by atoms with Gasteiger partial charge < -0.3 is 9.88 Å². The maximum absolute atomic E-state index is 12.3. The second-order valence-corrected chi connectivity index (χ2v) is 6.91. The molecule has 0 aliphatic carbocycles. The quantitative estimate of drug-likeness (QED) is 0.362. The fraction of sp³-hybridized carbons (Fsp3) is 0.182. The predicted molar refractivity (Wildman–Crippen MR) is 113 cm³/mol. The van der Waals surface area contributed by atoms with Gasteiger partial charge in [-0.3, -0.25) is 14.9 Å². The van der Waals surface area contributed by atoms with Crippen LogP contribution in [0, 0.1) is 10.1 Å². The predicted octanol–water partition coefficient (Wildman–Crippen LogP) is 4.61. The number of para-hydroxylation sites is 1. The van der Waals surface area contributed by atoms with Gasteiger partial charge in [-0.05, 0) is 29.8 Å². The Morgan fingerprint density at radius 2 is 2.03 bits per heavy atom. The summed E-state index contributed by atoms with van der Waals surface area (Å²) in [4.78, 5) is 27.2. The van der Waals surface area contributed by atoms with Crippen LogP contribution in [0.2, 0.25) is 0 Å². The molecule has 0 radical (unpaired) electrons. The Kier molecular flexibility index (Phi) is 6.19. The van der Waals surface area contributed by atoms with E-state index in [-0.39, 0.29) is 11.6 Å². The number of benzene rings is 2. The van der Waals surface area contributed by atoms with Crippen molar-refractivity contribution in [3.63, 3.8) is 0 Å². The Morgan fingerprint density at radius 1 is 1.24 bits per heavy atom. The van der Waals surface area contributed by atoms with Gasteiger partial charge in [0.15, 0.2) is 0 Å². The second-order valence-electron chi connectivity index (χ2n) is 6.91. The van der Waals surface area contributed by atoms with Crippen molar-refractivity contribution < 1.29 is 9.72 Å². The number of nitro benzene ring substituents is 1. The minimum absolute atomic E-state index is 0.0418. The van der Waals surface area contributed by atoms with Gasteiger partial charge >= 0.3 is 0 Å². The zero-order chi connectivity index (χ0) is 20.8. The molecule has 1 amide bonds. The number of hydrogen-bond acceptors (Lipinski definition) is 4. The number of carbonyl (C=O) groups excluding carboxylic acids is 1. The molecule has 0 aliphatic heterocycles. The van der Waals surface area contributed by atoms with E-state index in [2.05, 4.69) is 28.7 Å². The SMILES string of the molecule is CC(C)c1nccn1Cc1cccc(NC(=O)C=Cc2ccccc2[N+](=O)[O-])c1. The zero-order valence-electron chi connectivity index (χ0n) is 16.3. The number of amides is 1. The summed E-state index contributed by atoms with van der Waals surface area (Å²) in [5.74, 6) is 0.970. The highest BCUT2D eigenvalue weighted by atomic mass is 16.6. The van der Waals surface area contributed by atoms with Crippen LogP contribution in [0.4, 0.5) is 11.4 Å². The number of nitrogens with zero attached hydrogens (tertiary/aromatic N) is 3. The molecule has 0 bridgehead atoms. The highest BCUT2D eigenvalue weighted by molar-refractivity contribution is 6.02. The molecule has 7 nitrogen and oxygen atoms in total. The third-order valence-electron chi connectivity index (χ3n) is 4.36. The first kappa shape index (κ1) is 20.0. The molecular weight excluding hydrogens is 368 g/mol. The van der Waals surface area contributed by atoms with Crippen molar-refractivity contribution in [3.05, 3.63) is 94.1 Å². The monoisotopic (exact) mass is 390 g/mol. The molecule has 0 aliphatic rings. The molecule has 7 heteroatoms. The molecule has 0 saturated heterocycles. The van der Waals surface area contributed by atoms with Gasteiger partial charge in [0.25, 0.3) is 5.69 Å². The lowest BCUT2D eigenvalue weighted by Crippen LogP contribution is -2.09. The normalized spacial score (nSPS) is 11.1. The second kappa shape index (κ2) is 8.97. The van der Waals surface area contributed by atoms with Crippen LogP contribution in [0.1, 0.15) is 36.7 Å². The van der Waals surface area contributed by atoms with E-state index in [1.54, 1.807) is 30.5 Å². The number of imidazole rings is 1. The van der Waals surface area contributed by atoms with Crippen LogP contribution in [-0.4, -0.2) is 20.4 Å². The van der Waals surface area contributed by atoms with E-state index in [9.17, 15) is 14.9 Å². The summed E-state index contributed by atoms with van der Waals surface area (Å²) in [6.07, 6.45) is 6.46. The Hall–Kier alpha value is -3.74. The summed E-state index contributed by atoms with van der Waals surface area (Å²) in [5, 5.41) is 13.9. The first-order valence-corrected chi connectivity index (χ1v) is 9.26. The van der Waals surface area contributed by atoms with Crippen molar-refractivity contribution in [2.24, 2.45) is 0 Å². The number of nitro groups is 1. The van der Waals surface area contributed by atoms with Crippen molar-refractivity contribution in [3.8, 4) is 0 Å². The molecule has 3 rings (SSSR count). The molecule has 0 atom stereocenters. The van der Waals surface area contributed by atoms with Gasteiger partial charge in [-0.1, -0.05) is 38.1 Å². The molecule has 29 heavy (non-hydrogen) atoms. The van der Waals surface area contributed by atoms with Gasteiger partial charge in [0.05, 0.1) is 10.5 Å². The molecule has 1 aromatic heterocycles. The van der Waals surface area contributed by atoms with Crippen LogP contribution in [0.5, 0.6) is 0 Å². The van der Waals surface area contributed by atoms with Crippen molar-refractivity contribution in [2.45, 2.75) is 26.3 Å². The van der Waals surface area contributed by atoms with Crippen LogP contribution in [0.15, 0.2) is 67.0 Å². The van der Waals surface area contributed by atoms with E-state index in [0.717, 1.165) is 11.4 Å². The molecule has 0 saturated carbocycles. The number of nitrogens with one attached hydrogen (secondary N) is 1. The summed E-state index contributed by atoms with van der Waals surface area (Å²) in [6, 6.07) is 13.9. The molecule has 3 aromatic rings. The minimum Gasteiger partial charge on any atom is -0.330 e. The van der Waals surface area contributed by atoms with E-state index in [0.29, 0.717) is 23.7 Å². The van der Waals surface area contributed by atoms with Gasteiger partial charge in [-0.2, -0.15) is 0 Å². The fourth-order valence-corrected chi connectivity index (χ4v) is 3.04. The van der Waals surface area contributed by atoms with Crippen LogP contribution in [-0.2, 0) is 11.3 Å². The largest absolute Gasteiger partial charge is 0.330 e. The molecule has 2 aromatic carbocycles. The third-order valence-corrected chi connectivity index (χ3v) is 4.36. The maximum Gasteiger partial charge on any atom is 0.276 e. The first-order valence-electron chi connectivity index (χ1n) is 9.26. The topological polar surface area (TPSA) is 90.1 Å². The molecule has 0 spiro atoms. The van der Waals surface area contributed by atoms with Gasteiger partial charge in [-0.15, -0.1) is 0 Å². The van der Waals surface area contributed by atoms with Gasteiger partial charge in [0, 0.05) is 42.7 Å². The van der Waals surface area contributed by atoms with E-state index >= 15 is 0 Å². The molecule has 1 heterocycles. The van der Waals surface area contributed by atoms with E-state index < -0.39 is 4.92 Å². The van der Waals surface area contributed by atoms with E-state index in [4.69, 9.17) is 0 Å².